The monoisotopic (exact) mass is 476 g/mol. The number of hydrogen-bond donors (Lipinski definition) is 2. The first-order valence-corrected chi connectivity index (χ1v) is 9.08. The van der Waals surface area contributed by atoms with Gasteiger partial charge in [-0.05, 0) is 47.7 Å². The van der Waals surface area contributed by atoms with Crippen molar-refractivity contribution in [2.75, 3.05) is 0 Å². The summed E-state index contributed by atoms with van der Waals surface area (Å²) in [6, 6.07) is 2.91. The summed E-state index contributed by atoms with van der Waals surface area (Å²) in [5.41, 5.74) is -8.32. The van der Waals surface area contributed by atoms with Crippen LogP contribution in [0.5, 0.6) is 5.75 Å². The molecule has 0 aliphatic carbocycles. The van der Waals surface area contributed by atoms with E-state index in [9.17, 15) is 45.3 Å². The van der Waals surface area contributed by atoms with E-state index in [-0.39, 0.29) is 17.7 Å². The van der Waals surface area contributed by atoms with Crippen LogP contribution in [0, 0.1) is 11.6 Å². The van der Waals surface area contributed by atoms with Crippen molar-refractivity contribution in [3.8, 4) is 5.75 Å². The summed E-state index contributed by atoms with van der Waals surface area (Å²) in [7, 11) is 0. The van der Waals surface area contributed by atoms with Crippen molar-refractivity contribution in [1.82, 2.24) is 0 Å². The minimum absolute atomic E-state index is 0.143. The van der Waals surface area contributed by atoms with Crippen LogP contribution in [0.25, 0.3) is 0 Å². The van der Waals surface area contributed by atoms with Crippen LogP contribution < -0.4 is 0 Å². The molecule has 2 N–H and O–H groups in total. The molecule has 2 rings (SSSR count). The van der Waals surface area contributed by atoms with E-state index in [1.807, 2.05) is 0 Å². The van der Waals surface area contributed by atoms with Crippen LogP contribution in [0.3, 0.4) is 0 Å². The van der Waals surface area contributed by atoms with E-state index < -0.39 is 69.7 Å². The van der Waals surface area contributed by atoms with Crippen LogP contribution in [-0.4, -0.2) is 22.0 Å². The van der Waals surface area contributed by atoms with E-state index in [2.05, 4.69) is 0 Å². The SMILES string of the molecule is CC(C)(CC(O)(Cc1cc(C(F)(F)F)cc(Cl)c1F)C(F)(F)F)c1cc(F)ccc1O. The molecule has 0 aromatic heterocycles. The van der Waals surface area contributed by atoms with E-state index in [0.29, 0.717) is 0 Å². The van der Waals surface area contributed by atoms with Crippen molar-refractivity contribution in [2.45, 2.75) is 50.1 Å². The van der Waals surface area contributed by atoms with Crippen LogP contribution in [-0.2, 0) is 18.0 Å². The topological polar surface area (TPSA) is 40.5 Å². The Kier molecular flexibility index (Phi) is 6.60. The molecule has 0 saturated carbocycles. The molecule has 31 heavy (non-hydrogen) atoms. The number of aliphatic hydroxyl groups is 1. The normalized spacial score (nSPS) is 15.1. The lowest BCUT2D eigenvalue weighted by Gasteiger charge is -2.38. The van der Waals surface area contributed by atoms with Gasteiger partial charge in [0.05, 0.1) is 10.6 Å². The first-order chi connectivity index (χ1) is 13.9. The summed E-state index contributed by atoms with van der Waals surface area (Å²) >= 11 is 5.42. The lowest BCUT2D eigenvalue weighted by molar-refractivity contribution is -0.266. The van der Waals surface area contributed by atoms with Gasteiger partial charge in [0.1, 0.15) is 17.4 Å². The fourth-order valence-corrected chi connectivity index (χ4v) is 3.63. The van der Waals surface area contributed by atoms with Crippen molar-refractivity contribution in [2.24, 2.45) is 0 Å². The predicted octanol–water partition coefficient (Wildman–Crippen LogP) is 6.55. The molecule has 2 aromatic carbocycles. The van der Waals surface area contributed by atoms with Crippen molar-refractivity contribution in [3.63, 3.8) is 0 Å². The second kappa shape index (κ2) is 8.12. The molecule has 0 heterocycles. The second-order valence-corrected chi connectivity index (χ2v) is 8.26. The van der Waals surface area contributed by atoms with Gasteiger partial charge >= 0.3 is 12.4 Å². The number of aromatic hydroxyl groups is 1. The minimum Gasteiger partial charge on any atom is -0.508 e. The Morgan fingerprint density at radius 2 is 1.52 bits per heavy atom. The molecular weight excluding hydrogens is 460 g/mol. The summed E-state index contributed by atoms with van der Waals surface area (Å²) in [5.74, 6) is -2.96. The maximum atomic E-state index is 14.3. The van der Waals surface area contributed by atoms with Crippen LogP contribution in [0.1, 0.15) is 37.0 Å². The Labute approximate surface area is 177 Å². The third kappa shape index (κ3) is 5.41. The number of alkyl halides is 6. The van der Waals surface area contributed by atoms with E-state index >= 15 is 0 Å². The molecule has 0 fully saturated rings. The van der Waals surface area contributed by atoms with Crippen LogP contribution >= 0.6 is 11.6 Å². The number of phenolic OH excluding ortho intramolecular Hbond substituents is 1. The van der Waals surface area contributed by atoms with Gasteiger partial charge < -0.3 is 10.2 Å². The van der Waals surface area contributed by atoms with Gasteiger partial charge in [-0.25, -0.2) is 8.78 Å². The molecule has 0 spiro atoms. The average molecular weight is 477 g/mol. The van der Waals surface area contributed by atoms with Gasteiger partial charge in [-0.3, -0.25) is 0 Å². The molecule has 0 aliphatic heterocycles. The van der Waals surface area contributed by atoms with Crippen molar-refractivity contribution in [3.05, 3.63) is 63.7 Å². The summed E-state index contributed by atoms with van der Waals surface area (Å²) in [5, 5.41) is 19.4. The lowest BCUT2D eigenvalue weighted by atomic mass is 9.72. The fourth-order valence-electron chi connectivity index (χ4n) is 3.39. The molecule has 0 bridgehead atoms. The summed E-state index contributed by atoms with van der Waals surface area (Å²) < 4.78 is 108. The smallest absolute Gasteiger partial charge is 0.417 e. The third-order valence-corrected chi connectivity index (χ3v) is 5.14. The van der Waals surface area contributed by atoms with Crippen LogP contribution in [0.4, 0.5) is 35.1 Å². The van der Waals surface area contributed by atoms with E-state index in [4.69, 9.17) is 11.6 Å². The summed E-state index contributed by atoms with van der Waals surface area (Å²) in [6.07, 6.45) is -13.3. The van der Waals surface area contributed by atoms with Gasteiger partial charge in [0.25, 0.3) is 0 Å². The zero-order chi connectivity index (χ0) is 24.0. The highest BCUT2D eigenvalue weighted by Gasteiger charge is 2.56. The first-order valence-electron chi connectivity index (χ1n) is 8.71. The van der Waals surface area contributed by atoms with Gasteiger partial charge in [0.2, 0.25) is 0 Å². The molecule has 0 radical (unpaired) electrons. The molecule has 2 aromatic rings. The zero-order valence-corrected chi connectivity index (χ0v) is 16.9. The Morgan fingerprint density at radius 3 is 2.03 bits per heavy atom. The number of halogens is 9. The molecule has 172 valence electrons. The molecule has 2 nitrogen and oxygen atoms in total. The predicted molar refractivity (Wildman–Crippen MR) is 96.8 cm³/mol. The Morgan fingerprint density at radius 1 is 0.935 bits per heavy atom. The highest BCUT2D eigenvalue weighted by Crippen LogP contribution is 2.46. The van der Waals surface area contributed by atoms with Crippen LogP contribution in [0.2, 0.25) is 5.02 Å². The molecular formula is C20H17ClF8O2. The molecule has 1 unspecified atom stereocenters. The third-order valence-electron chi connectivity index (χ3n) is 4.86. The van der Waals surface area contributed by atoms with Crippen LogP contribution in [0.15, 0.2) is 30.3 Å². The number of phenols is 1. The van der Waals surface area contributed by atoms with E-state index in [1.165, 1.54) is 0 Å². The fraction of sp³-hybridized carbons (Fsp3) is 0.400. The van der Waals surface area contributed by atoms with E-state index in [0.717, 1.165) is 32.0 Å². The van der Waals surface area contributed by atoms with Gasteiger partial charge in [-0.15, -0.1) is 0 Å². The molecule has 0 amide bonds. The van der Waals surface area contributed by atoms with E-state index in [1.54, 1.807) is 0 Å². The summed E-state index contributed by atoms with van der Waals surface area (Å²) in [4.78, 5) is 0. The Bertz CT molecular complexity index is 969. The molecule has 0 saturated heterocycles. The number of hydrogen-bond acceptors (Lipinski definition) is 2. The maximum Gasteiger partial charge on any atom is 0.417 e. The second-order valence-electron chi connectivity index (χ2n) is 7.86. The highest BCUT2D eigenvalue weighted by molar-refractivity contribution is 6.30. The van der Waals surface area contributed by atoms with Gasteiger partial charge in [-0.1, -0.05) is 25.4 Å². The van der Waals surface area contributed by atoms with Crippen molar-refractivity contribution < 1.29 is 45.3 Å². The minimum atomic E-state index is -5.42. The molecule has 0 aliphatic rings. The molecule has 1 atom stereocenters. The largest absolute Gasteiger partial charge is 0.508 e. The Hall–Kier alpha value is -2.07. The lowest BCUT2D eigenvalue weighted by Crippen LogP contribution is -2.51. The maximum absolute atomic E-state index is 14.3. The number of benzene rings is 2. The highest BCUT2D eigenvalue weighted by atomic mass is 35.5. The van der Waals surface area contributed by atoms with Gasteiger partial charge in [-0.2, -0.15) is 26.3 Å². The van der Waals surface area contributed by atoms with Gasteiger partial charge in [0, 0.05) is 12.0 Å². The first kappa shape index (κ1) is 25.2. The van der Waals surface area contributed by atoms with Crippen molar-refractivity contribution in [1.29, 1.82) is 0 Å². The van der Waals surface area contributed by atoms with Crippen molar-refractivity contribution >= 4 is 11.6 Å². The quantitative estimate of drug-likeness (QED) is 0.481. The standard InChI is InChI=1S/C20H17ClF8O2/c1-17(2,13-7-12(22)3-4-15(13)30)9-18(31,20(27,28)29)8-10-5-11(19(24,25)26)6-14(21)16(10)23/h3-7,30-31H,8-9H2,1-2H3. The molecule has 11 heteroatoms. The number of rotatable bonds is 5. The zero-order valence-electron chi connectivity index (χ0n) is 16.1. The summed E-state index contributed by atoms with van der Waals surface area (Å²) in [6.45, 7) is 2.32. The average Bonchev–Trinajstić information content (AvgIpc) is 2.58. The Balaban J connectivity index is 2.56. The van der Waals surface area contributed by atoms with Gasteiger partial charge in [0.15, 0.2) is 5.60 Å².